The highest BCUT2D eigenvalue weighted by Gasteiger charge is 2.21. The minimum absolute atomic E-state index is 0.585. The fraction of sp³-hybridized carbons (Fsp3) is 0.588. The predicted octanol–water partition coefficient (Wildman–Crippen LogP) is 2.71. The van der Waals surface area contributed by atoms with Crippen molar-refractivity contribution >= 4 is 6.29 Å². The van der Waals surface area contributed by atoms with Gasteiger partial charge >= 0.3 is 0 Å². The number of piperidine rings is 1. The van der Waals surface area contributed by atoms with Crippen LogP contribution in [0.5, 0.6) is 5.75 Å². The fourth-order valence-electron chi connectivity index (χ4n) is 3.55. The van der Waals surface area contributed by atoms with Gasteiger partial charge in [0.2, 0.25) is 0 Å². The number of ether oxygens (including phenoxy) is 1. The average Bonchev–Trinajstić information content (AvgIpc) is 2.93. The fourth-order valence-corrected chi connectivity index (χ4v) is 3.55. The second kappa shape index (κ2) is 5.96. The van der Waals surface area contributed by atoms with Crippen LogP contribution in [0.4, 0.5) is 0 Å². The molecule has 3 heteroatoms. The quantitative estimate of drug-likeness (QED) is 0.790. The number of carbonyl (C=O) groups is 1. The van der Waals surface area contributed by atoms with Gasteiger partial charge in [-0.25, -0.2) is 0 Å². The van der Waals surface area contributed by atoms with Crippen molar-refractivity contribution in [1.82, 2.24) is 4.90 Å². The number of benzene rings is 1. The number of nitrogens with zero attached hydrogens (tertiary/aromatic N) is 1. The number of rotatable bonds is 4. The Hall–Kier alpha value is -1.35. The number of likely N-dealkylation sites (tertiary alicyclic amines) is 1. The molecule has 1 aliphatic heterocycles. The van der Waals surface area contributed by atoms with Crippen molar-refractivity contribution < 1.29 is 9.53 Å². The molecule has 0 aromatic heterocycles. The van der Waals surface area contributed by atoms with Crippen molar-refractivity contribution in [2.45, 2.75) is 32.1 Å². The number of carbonyl (C=O) groups excluding carboxylic acids is 1. The van der Waals surface area contributed by atoms with Gasteiger partial charge in [-0.1, -0.05) is 6.07 Å². The van der Waals surface area contributed by atoms with Crippen LogP contribution >= 0.6 is 0 Å². The van der Waals surface area contributed by atoms with Gasteiger partial charge in [0.15, 0.2) is 6.29 Å². The van der Waals surface area contributed by atoms with E-state index in [2.05, 4.69) is 18.0 Å². The minimum Gasteiger partial charge on any atom is -0.492 e. The summed E-state index contributed by atoms with van der Waals surface area (Å²) >= 11 is 0. The van der Waals surface area contributed by atoms with E-state index in [1.165, 1.54) is 30.5 Å². The highest BCUT2D eigenvalue weighted by molar-refractivity contribution is 5.82. The van der Waals surface area contributed by atoms with Gasteiger partial charge in [-0.05, 0) is 62.9 Å². The number of aldehydes is 1. The first kappa shape index (κ1) is 13.6. The topological polar surface area (TPSA) is 29.5 Å². The van der Waals surface area contributed by atoms with Crippen LogP contribution in [0.3, 0.4) is 0 Å². The van der Waals surface area contributed by atoms with Crippen molar-refractivity contribution in [3.8, 4) is 5.75 Å². The summed E-state index contributed by atoms with van der Waals surface area (Å²) in [5, 5.41) is 0. The van der Waals surface area contributed by atoms with E-state index in [1.54, 1.807) is 0 Å². The van der Waals surface area contributed by atoms with Gasteiger partial charge in [-0.2, -0.15) is 0 Å². The molecule has 1 aromatic rings. The molecule has 3 nitrogen and oxygen atoms in total. The summed E-state index contributed by atoms with van der Waals surface area (Å²) in [5.41, 5.74) is 3.35. The Bertz CT molecular complexity index is 498. The predicted molar refractivity (Wildman–Crippen MR) is 79.6 cm³/mol. The summed E-state index contributed by atoms with van der Waals surface area (Å²) in [6.45, 7) is 3.01. The summed E-state index contributed by atoms with van der Waals surface area (Å²) in [6, 6.07) is 4.12. The molecule has 1 heterocycles. The number of hydrogen-bond acceptors (Lipinski definition) is 3. The summed E-state index contributed by atoms with van der Waals surface area (Å²) in [5.74, 6) is 1.37. The number of fused-ring (bicyclic) bond motifs is 1. The average molecular weight is 273 g/mol. The molecule has 108 valence electrons. The van der Waals surface area contributed by atoms with Crippen LogP contribution in [0.1, 0.15) is 40.7 Å². The van der Waals surface area contributed by atoms with E-state index in [1.807, 2.05) is 6.07 Å². The largest absolute Gasteiger partial charge is 0.492 e. The van der Waals surface area contributed by atoms with Crippen molar-refractivity contribution in [2.24, 2.45) is 5.92 Å². The van der Waals surface area contributed by atoms with Crippen LogP contribution in [0.2, 0.25) is 0 Å². The molecule has 0 radical (unpaired) electrons. The second-order valence-electron chi connectivity index (χ2n) is 6.17. The van der Waals surface area contributed by atoms with Crippen molar-refractivity contribution in [1.29, 1.82) is 0 Å². The van der Waals surface area contributed by atoms with E-state index in [9.17, 15) is 4.79 Å². The Labute approximate surface area is 120 Å². The summed E-state index contributed by atoms with van der Waals surface area (Å²) in [7, 11) is 2.17. The van der Waals surface area contributed by atoms with Gasteiger partial charge < -0.3 is 9.64 Å². The van der Waals surface area contributed by atoms with E-state index in [0.717, 1.165) is 50.0 Å². The SMILES string of the molecule is CN1CCCC(COc2ccc3c(c2C=O)CCC3)C1. The summed E-state index contributed by atoms with van der Waals surface area (Å²) < 4.78 is 5.98. The van der Waals surface area contributed by atoms with E-state index < -0.39 is 0 Å². The van der Waals surface area contributed by atoms with Crippen LogP contribution in [0.15, 0.2) is 12.1 Å². The molecule has 1 fully saturated rings. The third kappa shape index (κ3) is 2.73. The van der Waals surface area contributed by atoms with Gasteiger partial charge in [0, 0.05) is 12.5 Å². The smallest absolute Gasteiger partial charge is 0.154 e. The molecule has 1 atom stereocenters. The minimum atomic E-state index is 0.585. The lowest BCUT2D eigenvalue weighted by Crippen LogP contribution is -2.34. The molecule has 1 aliphatic carbocycles. The lowest BCUT2D eigenvalue weighted by atomic mass is 9.99. The van der Waals surface area contributed by atoms with E-state index >= 15 is 0 Å². The maximum Gasteiger partial charge on any atom is 0.154 e. The third-order valence-electron chi connectivity index (χ3n) is 4.60. The standard InChI is InChI=1S/C17H23NO2/c1-18-9-3-4-13(10-18)12-20-17-8-7-14-5-2-6-15(14)16(17)11-19/h7-8,11,13H,2-6,9-10,12H2,1H3. The Morgan fingerprint density at radius 3 is 3.05 bits per heavy atom. The second-order valence-corrected chi connectivity index (χ2v) is 6.17. The zero-order valence-electron chi connectivity index (χ0n) is 12.2. The summed E-state index contributed by atoms with van der Waals surface area (Å²) in [4.78, 5) is 13.8. The molecule has 2 aliphatic rings. The van der Waals surface area contributed by atoms with Crippen LogP contribution in [-0.4, -0.2) is 37.9 Å². The Kier molecular flexibility index (Phi) is 4.06. The van der Waals surface area contributed by atoms with Crippen LogP contribution in [-0.2, 0) is 12.8 Å². The first-order valence-electron chi connectivity index (χ1n) is 7.69. The first-order chi connectivity index (χ1) is 9.78. The normalized spacial score (nSPS) is 22.6. The summed E-state index contributed by atoms with van der Waals surface area (Å²) in [6.07, 6.45) is 6.73. The molecule has 0 amide bonds. The Morgan fingerprint density at radius 1 is 1.35 bits per heavy atom. The zero-order chi connectivity index (χ0) is 13.9. The van der Waals surface area contributed by atoms with Crippen LogP contribution < -0.4 is 4.74 Å². The maximum absolute atomic E-state index is 11.4. The molecular weight excluding hydrogens is 250 g/mol. The lowest BCUT2D eigenvalue weighted by Gasteiger charge is -2.29. The molecule has 20 heavy (non-hydrogen) atoms. The molecule has 0 N–H and O–H groups in total. The monoisotopic (exact) mass is 273 g/mol. The number of aryl methyl sites for hydroxylation is 1. The van der Waals surface area contributed by atoms with Crippen molar-refractivity contribution in [3.63, 3.8) is 0 Å². The maximum atomic E-state index is 11.4. The first-order valence-corrected chi connectivity index (χ1v) is 7.69. The molecule has 1 unspecified atom stereocenters. The van der Waals surface area contributed by atoms with Crippen LogP contribution in [0.25, 0.3) is 0 Å². The molecule has 0 bridgehead atoms. The molecule has 3 rings (SSSR count). The van der Waals surface area contributed by atoms with Crippen molar-refractivity contribution in [2.75, 3.05) is 26.7 Å². The van der Waals surface area contributed by atoms with Crippen LogP contribution in [0, 0.1) is 5.92 Å². The highest BCUT2D eigenvalue weighted by atomic mass is 16.5. The van der Waals surface area contributed by atoms with Gasteiger partial charge in [0.1, 0.15) is 5.75 Å². The van der Waals surface area contributed by atoms with Gasteiger partial charge in [-0.15, -0.1) is 0 Å². The molecule has 1 aromatic carbocycles. The molecular formula is C17H23NO2. The van der Waals surface area contributed by atoms with Gasteiger partial charge in [0.25, 0.3) is 0 Å². The highest BCUT2D eigenvalue weighted by Crippen LogP contribution is 2.31. The van der Waals surface area contributed by atoms with E-state index in [-0.39, 0.29) is 0 Å². The number of hydrogen-bond donors (Lipinski definition) is 0. The van der Waals surface area contributed by atoms with Gasteiger partial charge in [-0.3, -0.25) is 4.79 Å². The zero-order valence-corrected chi connectivity index (χ0v) is 12.2. The van der Waals surface area contributed by atoms with E-state index in [0.29, 0.717) is 5.92 Å². The molecule has 0 spiro atoms. The molecule has 1 saturated heterocycles. The van der Waals surface area contributed by atoms with Gasteiger partial charge in [0.05, 0.1) is 12.2 Å². The van der Waals surface area contributed by atoms with E-state index in [4.69, 9.17) is 4.74 Å². The molecule has 0 saturated carbocycles. The lowest BCUT2D eigenvalue weighted by molar-refractivity contribution is 0.111. The Morgan fingerprint density at radius 2 is 2.25 bits per heavy atom. The Balaban J connectivity index is 1.70. The third-order valence-corrected chi connectivity index (χ3v) is 4.60. The van der Waals surface area contributed by atoms with Crippen molar-refractivity contribution in [3.05, 3.63) is 28.8 Å².